The summed E-state index contributed by atoms with van der Waals surface area (Å²) in [5.41, 5.74) is 8.74. The molecule has 0 radical (unpaired) electrons. The smallest absolute Gasteiger partial charge is 0.0429 e. The highest BCUT2D eigenvalue weighted by Gasteiger charge is 2.46. The minimum Gasteiger partial charge on any atom is -0.355 e. The zero-order valence-electron chi connectivity index (χ0n) is 15.4. The summed E-state index contributed by atoms with van der Waals surface area (Å²) in [6.45, 7) is 0. The van der Waals surface area contributed by atoms with Crippen LogP contribution in [-0.2, 0) is 10.8 Å². The van der Waals surface area contributed by atoms with Crippen molar-refractivity contribution in [3.63, 3.8) is 0 Å². The zero-order valence-corrected chi connectivity index (χ0v) is 15.4. The maximum absolute atomic E-state index is 3.75. The van der Waals surface area contributed by atoms with Crippen LogP contribution in [0.15, 0.2) is 96.1 Å². The van der Waals surface area contributed by atoms with Gasteiger partial charge in [-0.2, -0.15) is 0 Å². The summed E-state index contributed by atoms with van der Waals surface area (Å²) in [6.07, 6.45) is 19.0. The predicted molar refractivity (Wildman–Crippen MR) is 112 cm³/mol. The van der Waals surface area contributed by atoms with E-state index in [9.17, 15) is 0 Å². The molecule has 0 fully saturated rings. The van der Waals surface area contributed by atoms with Crippen molar-refractivity contribution in [3.8, 4) is 0 Å². The SMILES string of the molecule is C1=CC2(c3cccc(Nc4ccccc4)c3C34C=CC(=CC3)C4)CC=C1C2. The average molecular weight is 349 g/mol. The van der Waals surface area contributed by atoms with Crippen LogP contribution < -0.4 is 5.32 Å². The van der Waals surface area contributed by atoms with E-state index in [1.54, 1.807) is 0 Å². The fraction of sp³-hybridized carbons (Fsp3) is 0.231. The molecule has 1 heteroatoms. The molecular formula is C26H23N. The second kappa shape index (κ2) is 5.36. The normalized spacial score (nSPS) is 29.3. The van der Waals surface area contributed by atoms with Crippen LogP contribution in [0.5, 0.6) is 0 Å². The fourth-order valence-corrected chi connectivity index (χ4v) is 5.54. The molecule has 4 aliphatic carbocycles. The van der Waals surface area contributed by atoms with E-state index in [0.717, 1.165) is 31.4 Å². The molecule has 27 heavy (non-hydrogen) atoms. The molecule has 0 saturated heterocycles. The predicted octanol–water partition coefficient (Wildman–Crippen LogP) is 6.49. The minimum atomic E-state index is 0.122. The van der Waals surface area contributed by atoms with Gasteiger partial charge in [0, 0.05) is 22.2 Å². The quantitative estimate of drug-likeness (QED) is 0.665. The topological polar surface area (TPSA) is 12.0 Å². The molecule has 2 atom stereocenters. The molecule has 4 aliphatic rings. The Bertz CT molecular complexity index is 1050. The van der Waals surface area contributed by atoms with Crippen molar-refractivity contribution >= 4 is 11.4 Å². The molecule has 0 heterocycles. The second-order valence-corrected chi connectivity index (χ2v) is 8.52. The van der Waals surface area contributed by atoms with Gasteiger partial charge in [0.2, 0.25) is 0 Å². The lowest BCUT2D eigenvalue weighted by Crippen LogP contribution is -2.28. The van der Waals surface area contributed by atoms with Crippen LogP contribution >= 0.6 is 0 Å². The van der Waals surface area contributed by atoms with Crippen molar-refractivity contribution in [2.75, 3.05) is 5.32 Å². The summed E-state index contributed by atoms with van der Waals surface area (Å²) in [6, 6.07) is 17.5. The van der Waals surface area contributed by atoms with Gasteiger partial charge < -0.3 is 5.32 Å². The van der Waals surface area contributed by atoms with Crippen molar-refractivity contribution < 1.29 is 0 Å². The van der Waals surface area contributed by atoms with Crippen molar-refractivity contribution in [1.29, 1.82) is 0 Å². The van der Waals surface area contributed by atoms with E-state index in [2.05, 4.69) is 90.3 Å². The molecule has 4 bridgehead atoms. The number of hydrogen-bond acceptors (Lipinski definition) is 1. The Morgan fingerprint density at radius 1 is 0.704 bits per heavy atom. The molecule has 132 valence electrons. The van der Waals surface area contributed by atoms with Crippen LogP contribution in [-0.4, -0.2) is 0 Å². The van der Waals surface area contributed by atoms with E-state index in [-0.39, 0.29) is 10.8 Å². The summed E-state index contributed by atoms with van der Waals surface area (Å²) in [4.78, 5) is 0. The molecule has 0 saturated carbocycles. The van der Waals surface area contributed by atoms with Gasteiger partial charge in [-0.25, -0.2) is 0 Å². The molecule has 0 amide bonds. The molecule has 1 nitrogen and oxygen atoms in total. The molecule has 0 spiro atoms. The highest BCUT2D eigenvalue weighted by molar-refractivity contribution is 5.71. The lowest BCUT2D eigenvalue weighted by molar-refractivity contribution is 0.535. The number of para-hydroxylation sites is 1. The Labute approximate surface area is 160 Å². The van der Waals surface area contributed by atoms with Gasteiger partial charge in [-0.15, -0.1) is 0 Å². The van der Waals surface area contributed by atoms with Crippen LogP contribution in [0.2, 0.25) is 0 Å². The van der Waals surface area contributed by atoms with Gasteiger partial charge in [0.25, 0.3) is 0 Å². The summed E-state index contributed by atoms with van der Waals surface area (Å²) in [5.74, 6) is 0. The number of allylic oxidation sites excluding steroid dienone is 8. The third kappa shape index (κ3) is 2.18. The van der Waals surface area contributed by atoms with Gasteiger partial charge in [-0.05, 0) is 55.0 Å². The zero-order chi connectivity index (χ0) is 17.9. The van der Waals surface area contributed by atoms with Gasteiger partial charge in [0.1, 0.15) is 0 Å². The lowest BCUT2D eigenvalue weighted by Gasteiger charge is -2.36. The first-order valence-corrected chi connectivity index (χ1v) is 9.99. The lowest BCUT2D eigenvalue weighted by atomic mass is 9.68. The highest BCUT2D eigenvalue weighted by atomic mass is 14.9. The maximum atomic E-state index is 3.75. The Hall–Kier alpha value is -2.80. The molecule has 2 unspecified atom stereocenters. The van der Waals surface area contributed by atoms with Crippen LogP contribution in [0.4, 0.5) is 11.4 Å². The van der Waals surface area contributed by atoms with Crippen molar-refractivity contribution in [2.45, 2.75) is 36.5 Å². The minimum absolute atomic E-state index is 0.122. The van der Waals surface area contributed by atoms with Gasteiger partial charge >= 0.3 is 0 Å². The number of anilines is 2. The monoisotopic (exact) mass is 349 g/mol. The highest BCUT2D eigenvalue weighted by Crippen LogP contribution is 2.56. The first-order valence-electron chi connectivity index (χ1n) is 9.99. The molecule has 6 rings (SSSR count). The molecule has 0 aromatic heterocycles. The van der Waals surface area contributed by atoms with Crippen LogP contribution in [0.25, 0.3) is 0 Å². The third-order valence-corrected chi connectivity index (χ3v) is 6.88. The Morgan fingerprint density at radius 2 is 1.41 bits per heavy atom. The van der Waals surface area contributed by atoms with Crippen LogP contribution in [0, 0.1) is 0 Å². The maximum Gasteiger partial charge on any atom is 0.0429 e. The van der Waals surface area contributed by atoms with Gasteiger partial charge in [0.15, 0.2) is 0 Å². The summed E-state index contributed by atoms with van der Waals surface area (Å²) < 4.78 is 0. The summed E-state index contributed by atoms with van der Waals surface area (Å²) in [5, 5.41) is 3.75. The fourth-order valence-electron chi connectivity index (χ4n) is 5.54. The first-order chi connectivity index (χ1) is 13.3. The number of nitrogens with one attached hydrogen (secondary N) is 1. The van der Waals surface area contributed by atoms with Crippen LogP contribution in [0.3, 0.4) is 0 Å². The number of rotatable bonds is 4. The van der Waals surface area contributed by atoms with E-state index in [1.165, 1.54) is 28.0 Å². The largest absolute Gasteiger partial charge is 0.355 e. The molecule has 2 aromatic rings. The van der Waals surface area contributed by atoms with E-state index in [1.807, 2.05) is 0 Å². The number of fused-ring (bicyclic) bond motifs is 4. The number of hydrogen-bond donors (Lipinski definition) is 1. The Kier molecular flexibility index (Phi) is 3.03. The molecular weight excluding hydrogens is 326 g/mol. The third-order valence-electron chi connectivity index (χ3n) is 6.88. The van der Waals surface area contributed by atoms with Crippen molar-refractivity contribution in [3.05, 3.63) is 107 Å². The van der Waals surface area contributed by atoms with Crippen molar-refractivity contribution in [1.82, 2.24) is 0 Å². The standard InChI is InChI=1S/C26H23N/c1-2-5-21(6-3-1)27-23-8-4-7-22(25-13-9-19(17-25)10-14-25)24(23)26-15-11-20(18-26)12-16-26/h1-13,15,27H,14,16-18H2. The van der Waals surface area contributed by atoms with E-state index in [4.69, 9.17) is 0 Å². The first kappa shape index (κ1) is 15.3. The molecule has 0 aliphatic heterocycles. The van der Waals surface area contributed by atoms with Crippen LogP contribution in [0.1, 0.15) is 36.8 Å². The molecule has 2 aromatic carbocycles. The van der Waals surface area contributed by atoms with E-state index in [0.29, 0.717) is 0 Å². The van der Waals surface area contributed by atoms with Gasteiger partial charge in [-0.1, -0.05) is 77.9 Å². The average Bonchev–Trinajstić information content (AvgIpc) is 3.50. The number of benzene rings is 2. The Morgan fingerprint density at radius 3 is 2.00 bits per heavy atom. The summed E-state index contributed by atoms with van der Waals surface area (Å²) >= 11 is 0. The second-order valence-electron chi connectivity index (χ2n) is 8.52. The van der Waals surface area contributed by atoms with E-state index >= 15 is 0 Å². The molecule has 1 N–H and O–H groups in total. The van der Waals surface area contributed by atoms with Gasteiger partial charge in [0.05, 0.1) is 0 Å². The van der Waals surface area contributed by atoms with E-state index < -0.39 is 0 Å². The van der Waals surface area contributed by atoms with Gasteiger partial charge in [-0.3, -0.25) is 0 Å². The summed E-state index contributed by atoms with van der Waals surface area (Å²) in [7, 11) is 0. The van der Waals surface area contributed by atoms with Crippen molar-refractivity contribution in [2.24, 2.45) is 0 Å². The Balaban J connectivity index is 1.54.